The van der Waals surface area contributed by atoms with Crippen LogP contribution in [0.25, 0.3) is 0 Å². The van der Waals surface area contributed by atoms with E-state index in [-0.39, 0.29) is 5.69 Å². The average Bonchev–Trinajstić information content (AvgIpc) is 2.09. The zero-order valence-electron chi connectivity index (χ0n) is 7.22. The normalized spacial score (nSPS) is 11.8. The van der Waals surface area contributed by atoms with Gasteiger partial charge in [0.25, 0.3) is 0 Å². The number of nitrogens with two attached hydrogens (primary N) is 1. The minimum atomic E-state index is -0.455. The molecule has 13 heavy (non-hydrogen) atoms. The molecule has 0 saturated carbocycles. The van der Waals surface area contributed by atoms with E-state index in [0.717, 1.165) is 0 Å². The van der Waals surface area contributed by atoms with E-state index in [1.807, 2.05) is 6.92 Å². The number of aliphatic imine (C=N–C) groups is 1. The quantitative estimate of drug-likeness (QED) is 0.579. The molecule has 0 unspecified atom stereocenters. The lowest BCUT2D eigenvalue weighted by atomic mass is 10.3. The molecular weight excluding hydrogens is 191 g/mol. The Labute approximate surface area is 81.2 Å². The van der Waals surface area contributed by atoms with Crippen LogP contribution in [0.15, 0.2) is 23.2 Å². The number of hydrogen-bond donors (Lipinski definition) is 1. The molecule has 0 radical (unpaired) electrons. The fourth-order valence-corrected chi connectivity index (χ4v) is 0.964. The van der Waals surface area contributed by atoms with Gasteiger partial charge < -0.3 is 5.73 Å². The van der Waals surface area contributed by atoms with Crippen molar-refractivity contribution in [1.29, 1.82) is 0 Å². The highest BCUT2D eigenvalue weighted by atomic mass is 35.5. The topological polar surface area (TPSA) is 38.4 Å². The molecule has 1 aromatic carbocycles. The highest BCUT2D eigenvalue weighted by Gasteiger charge is 2.01. The lowest BCUT2D eigenvalue weighted by Crippen LogP contribution is -2.08. The van der Waals surface area contributed by atoms with Crippen molar-refractivity contribution in [2.45, 2.75) is 13.3 Å². The summed E-state index contributed by atoms with van der Waals surface area (Å²) in [5.41, 5.74) is 5.69. The first-order valence-electron chi connectivity index (χ1n) is 3.91. The van der Waals surface area contributed by atoms with Crippen molar-refractivity contribution in [2.24, 2.45) is 10.7 Å². The van der Waals surface area contributed by atoms with Crippen LogP contribution in [0.3, 0.4) is 0 Å². The highest BCUT2D eigenvalue weighted by Crippen LogP contribution is 2.21. The third kappa shape index (κ3) is 2.70. The van der Waals surface area contributed by atoms with Crippen molar-refractivity contribution in [2.75, 3.05) is 0 Å². The molecule has 0 fully saturated rings. The van der Waals surface area contributed by atoms with Gasteiger partial charge in [0, 0.05) is 11.4 Å². The summed E-state index contributed by atoms with van der Waals surface area (Å²) in [6.45, 7) is 1.85. The predicted molar refractivity (Wildman–Crippen MR) is 53.0 cm³/mol. The Hall–Kier alpha value is -1.09. The van der Waals surface area contributed by atoms with Gasteiger partial charge >= 0.3 is 0 Å². The summed E-state index contributed by atoms with van der Waals surface area (Å²) in [4.78, 5) is 3.88. The van der Waals surface area contributed by atoms with Crippen molar-refractivity contribution in [3.63, 3.8) is 0 Å². The zero-order valence-corrected chi connectivity index (χ0v) is 7.98. The van der Waals surface area contributed by atoms with Gasteiger partial charge in [0.15, 0.2) is 0 Å². The Balaban J connectivity index is 3.03. The van der Waals surface area contributed by atoms with Crippen molar-refractivity contribution in [3.05, 3.63) is 29.0 Å². The maximum absolute atomic E-state index is 13.1. The van der Waals surface area contributed by atoms with Gasteiger partial charge in [-0.05, 0) is 18.2 Å². The molecule has 0 saturated heterocycles. The third-order valence-corrected chi connectivity index (χ3v) is 1.77. The van der Waals surface area contributed by atoms with Gasteiger partial charge in [0.2, 0.25) is 0 Å². The molecule has 1 aromatic rings. The van der Waals surface area contributed by atoms with Crippen molar-refractivity contribution >= 4 is 23.1 Å². The van der Waals surface area contributed by atoms with Crippen molar-refractivity contribution in [3.8, 4) is 0 Å². The fourth-order valence-electron chi connectivity index (χ4n) is 0.806. The van der Waals surface area contributed by atoms with Gasteiger partial charge in [-0.3, -0.25) is 0 Å². The molecule has 0 spiro atoms. The molecule has 0 heterocycles. The van der Waals surface area contributed by atoms with Gasteiger partial charge in [-0.25, -0.2) is 9.38 Å². The standard InChI is InChI=1S/C9H10ClFN2/c1-2-9(12)13-8-4-3-6(10)5-7(8)11/h3-5H,2H2,1H3,(H2,12,13). The van der Waals surface area contributed by atoms with E-state index in [2.05, 4.69) is 4.99 Å². The minimum absolute atomic E-state index is 0.226. The van der Waals surface area contributed by atoms with E-state index in [1.165, 1.54) is 12.1 Å². The first-order valence-corrected chi connectivity index (χ1v) is 4.29. The van der Waals surface area contributed by atoms with Crippen LogP contribution in [0.1, 0.15) is 13.3 Å². The van der Waals surface area contributed by atoms with Gasteiger partial charge in [-0.1, -0.05) is 18.5 Å². The molecule has 0 atom stereocenters. The van der Waals surface area contributed by atoms with E-state index in [4.69, 9.17) is 17.3 Å². The van der Waals surface area contributed by atoms with E-state index in [1.54, 1.807) is 6.07 Å². The number of halogens is 2. The highest BCUT2D eigenvalue weighted by molar-refractivity contribution is 6.30. The van der Waals surface area contributed by atoms with E-state index in [9.17, 15) is 4.39 Å². The summed E-state index contributed by atoms with van der Waals surface area (Å²) in [6, 6.07) is 4.29. The lowest BCUT2D eigenvalue weighted by Gasteiger charge is -1.99. The summed E-state index contributed by atoms with van der Waals surface area (Å²) in [6.07, 6.45) is 0.599. The molecule has 70 valence electrons. The van der Waals surface area contributed by atoms with Crippen LogP contribution < -0.4 is 5.73 Å². The summed E-state index contributed by atoms with van der Waals surface area (Å²) in [5, 5.41) is 0.353. The molecule has 1 rings (SSSR count). The van der Waals surface area contributed by atoms with Crippen LogP contribution in [-0.2, 0) is 0 Å². The van der Waals surface area contributed by atoms with Gasteiger partial charge in [-0.2, -0.15) is 0 Å². The van der Waals surface area contributed by atoms with Crippen LogP contribution in [0.5, 0.6) is 0 Å². The Morgan fingerprint density at radius 1 is 1.62 bits per heavy atom. The largest absolute Gasteiger partial charge is 0.387 e. The van der Waals surface area contributed by atoms with E-state index < -0.39 is 5.82 Å². The van der Waals surface area contributed by atoms with Crippen LogP contribution in [0.2, 0.25) is 5.02 Å². The molecule has 0 bridgehead atoms. The fraction of sp³-hybridized carbons (Fsp3) is 0.222. The maximum Gasteiger partial charge on any atom is 0.150 e. The number of nitrogens with zero attached hydrogens (tertiary/aromatic N) is 1. The zero-order chi connectivity index (χ0) is 9.84. The first-order chi connectivity index (χ1) is 6.13. The molecule has 0 aliphatic carbocycles. The summed E-state index contributed by atoms with van der Waals surface area (Å²) < 4.78 is 13.1. The number of rotatable bonds is 2. The number of benzene rings is 1. The molecular formula is C9H10ClFN2. The van der Waals surface area contributed by atoms with E-state index in [0.29, 0.717) is 17.3 Å². The smallest absolute Gasteiger partial charge is 0.150 e. The first kappa shape index (κ1) is 9.99. The Morgan fingerprint density at radius 3 is 2.85 bits per heavy atom. The average molecular weight is 201 g/mol. The summed E-state index contributed by atoms with van der Waals surface area (Å²) in [5.74, 6) is -0.0508. The second kappa shape index (κ2) is 4.23. The number of hydrogen-bond acceptors (Lipinski definition) is 1. The maximum atomic E-state index is 13.1. The Bertz CT molecular complexity index is 336. The molecule has 0 aliphatic heterocycles. The Kier molecular flexibility index (Phi) is 3.25. The van der Waals surface area contributed by atoms with Crippen molar-refractivity contribution in [1.82, 2.24) is 0 Å². The van der Waals surface area contributed by atoms with Crippen LogP contribution in [-0.4, -0.2) is 5.84 Å². The second-order valence-corrected chi connectivity index (χ2v) is 2.99. The molecule has 2 nitrogen and oxygen atoms in total. The predicted octanol–water partition coefficient (Wildman–Crippen LogP) is 2.88. The van der Waals surface area contributed by atoms with E-state index >= 15 is 0 Å². The minimum Gasteiger partial charge on any atom is -0.387 e. The van der Waals surface area contributed by atoms with Crippen molar-refractivity contribution < 1.29 is 4.39 Å². The molecule has 4 heteroatoms. The van der Waals surface area contributed by atoms with Crippen LogP contribution in [0.4, 0.5) is 10.1 Å². The molecule has 0 amide bonds. The summed E-state index contributed by atoms with van der Waals surface area (Å²) >= 11 is 5.57. The Morgan fingerprint density at radius 2 is 2.31 bits per heavy atom. The lowest BCUT2D eigenvalue weighted by molar-refractivity contribution is 0.630. The SMILES string of the molecule is CCC(N)=Nc1ccc(Cl)cc1F. The third-order valence-electron chi connectivity index (χ3n) is 1.54. The van der Waals surface area contributed by atoms with Gasteiger partial charge in [0.1, 0.15) is 11.5 Å². The molecule has 2 N–H and O–H groups in total. The number of amidine groups is 1. The summed E-state index contributed by atoms with van der Waals surface area (Å²) in [7, 11) is 0. The van der Waals surface area contributed by atoms with Crippen LogP contribution in [0, 0.1) is 5.82 Å². The van der Waals surface area contributed by atoms with Crippen LogP contribution >= 0.6 is 11.6 Å². The van der Waals surface area contributed by atoms with Gasteiger partial charge in [0.05, 0.1) is 5.84 Å². The monoisotopic (exact) mass is 200 g/mol. The van der Waals surface area contributed by atoms with Gasteiger partial charge in [-0.15, -0.1) is 0 Å². The second-order valence-electron chi connectivity index (χ2n) is 2.55. The molecule has 0 aromatic heterocycles. The molecule has 0 aliphatic rings.